The number of amides is 2. The zero-order chi connectivity index (χ0) is 29.7. The first-order valence-corrected chi connectivity index (χ1v) is 13.0. The number of aromatic nitrogens is 1. The molecule has 2 amide bonds. The average Bonchev–Trinajstić information content (AvgIpc) is 3.20. The number of nitrogens with zero attached hydrogens (tertiary/aromatic N) is 4. The second-order valence-corrected chi connectivity index (χ2v) is 10.1. The molecule has 40 heavy (non-hydrogen) atoms. The number of alkyl halides is 5. The van der Waals surface area contributed by atoms with Crippen LogP contribution in [-0.4, -0.2) is 66.6 Å². The van der Waals surface area contributed by atoms with Gasteiger partial charge in [0, 0.05) is 37.6 Å². The fraction of sp³-hybridized carbons (Fsp3) is 0.440. The van der Waals surface area contributed by atoms with Crippen molar-refractivity contribution in [1.29, 1.82) is 5.26 Å². The highest BCUT2D eigenvalue weighted by atomic mass is 32.1. The number of hydrogen-bond donors (Lipinski definition) is 2. The highest BCUT2D eigenvalue weighted by molar-refractivity contribution is 7.07. The Labute approximate surface area is 229 Å². The highest BCUT2D eigenvalue weighted by Crippen LogP contribution is 2.26. The molecule has 1 aliphatic rings. The number of hydrogen-bond acceptors (Lipinski definition) is 7. The molecule has 0 spiro atoms. The molecule has 1 fully saturated rings. The van der Waals surface area contributed by atoms with Crippen LogP contribution in [0.1, 0.15) is 19.8 Å². The van der Waals surface area contributed by atoms with Crippen molar-refractivity contribution in [3.05, 3.63) is 43.8 Å². The van der Waals surface area contributed by atoms with Crippen LogP contribution < -0.4 is 30.3 Å². The smallest absolute Gasteiger partial charge is 0.360 e. The van der Waals surface area contributed by atoms with Gasteiger partial charge in [0.05, 0.1) is 13.1 Å². The Morgan fingerprint density at radius 3 is 2.65 bits per heavy atom. The molecule has 0 unspecified atom stereocenters. The van der Waals surface area contributed by atoms with Crippen molar-refractivity contribution < 1.29 is 31.5 Å². The van der Waals surface area contributed by atoms with Gasteiger partial charge in [-0.3, -0.25) is 23.9 Å². The minimum atomic E-state index is -4.67. The van der Waals surface area contributed by atoms with Crippen molar-refractivity contribution in [3.63, 3.8) is 0 Å². The molecule has 1 saturated heterocycles. The van der Waals surface area contributed by atoms with E-state index in [4.69, 9.17) is 0 Å². The molecule has 1 aromatic heterocycles. The number of likely N-dealkylation sites (N-methyl/N-ethyl adjacent to an activating group) is 1. The van der Waals surface area contributed by atoms with Gasteiger partial charge in [-0.25, -0.2) is 8.78 Å². The second-order valence-electron chi connectivity index (χ2n) is 9.07. The van der Waals surface area contributed by atoms with E-state index in [2.05, 4.69) is 5.32 Å². The summed E-state index contributed by atoms with van der Waals surface area (Å²) in [5.74, 6) is -4.46. The standard InChI is InChI=1S/C25H27F5N6O3S/c1-3-36-22(39)19(40-23(36)18(11-31)21(38)33-14-25(28,29)30)12-32-16-6-4-7-17(10-16)34(2)20(37)13-35-9-5-8-24(26,27)15-35/h4,6-7,10,12,32H,3,5,8-9,13-15H2,1-2H3,(H,33,38). The molecule has 2 heterocycles. The van der Waals surface area contributed by atoms with E-state index in [1.54, 1.807) is 42.6 Å². The number of piperidine rings is 1. The molecule has 0 aliphatic carbocycles. The van der Waals surface area contributed by atoms with Gasteiger partial charge in [0.25, 0.3) is 17.4 Å². The van der Waals surface area contributed by atoms with Gasteiger partial charge in [-0.05, 0) is 38.1 Å². The van der Waals surface area contributed by atoms with Crippen LogP contribution in [0, 0.1) is 11.3 Å². The lowest BCUT2D eigenvalue weighted by Gasteiger charge is -2.32. The van der Waals surface area contributed by atoms with Crippen LogP contribution in [0.4, 0.5) is 33.3 Å². The Morgan fingerprint density at radius 1 is 1.30 bits per heavy atom. The number of anilines is 2. The number of rotatable bonds is 8. The summed E-state index contributed by atoms with van der Waals surface area (Å²) in [4.78, 5) is 40.6. The monoisotopic (exact) mass is 586 g/mol. The summed E-state index contributed by atoms with van der Waals surface area (Å²) >= 11 is 0.758. The van der Waals surface area contributed by atoms with Crippen LogP contribution in [0.25, 0.3) is 11.8 Å². The lowest BCUT2D eigenvalue weighted by Crippen LogP contribution is -2.47. The van der Waals surface area contributed by atoms with E-state index in [0.717, 1.165) is 15.9 Å². The SMILES string of the molecule is CCn1c(=C(C#N)C(=O)NCC(F)(F)F)sc(=CNc2cccc(N(C)C(=O)CN3CCCC(F)(F)C3)c2)c1=O. The van der Waals surface area contributed by atoms with Crippen LogP contribution in [0.2, 0.25) is 0 Å². The van der Waals surface area contributed by atoms with Gasteiger partial charge in [0.2, 0.25) is 5.91 Å². The largest absolute Gasteiger partial charge is 0.405 e. The molecule has 15 heteroatoms. The molecular weight excluding hydrogens is 559 g/mol. The number of likely N-dealkylation sites (tertiary alicyclic amines) is 1. The summed E-state index contributed by atoms with van der Waals surface area (Å²) < 4.78 is 65.9. The third-order valence-electron chi connectivity index (χ3n) is 6.03. The van der Waals surface area contributed by atoms with E-state index >= 15 is 0 Å². The summed E-state index contributed by atoms with van der Waals surface area (Å²) in [6.07, 6.45) is -3.25. The van der Waals surface area contributed by atoms with Gasteiger partial charge in [-0.2, -0.15) is 18.4 Å². The normalized spacial score (nSPS) is 16.7. The van der Waals surface area contributed by atoms with E-state index in [0.29, 0.717) is 24.3 Å². The fourth-order valence-electron chi connectivity index (χ4n) is 4.03. The molecule has 216 valence electrons. The molecule has 2 N–H and O–H groups in total. The Hall–Kier alpha value is -3.77. The van der Waals surface area contributed by atoms with Crippen molar-refractivity contribution in [1.82, 2.24) is 14.8 Å². The minimum Gasteiger partial charge on any atom is -0.360 e. The number of nitrogens with one attached hydrogen (secondary N) is 2. The van der Waals surface area contributed by atoms with Crippen LogP contribution in [0.5, 0.6) is 0 Å². The van der Waals surface area contributed by atoms with E-state index in [-0.39, 0.29) is 34.6 Å². The molecule has 1 aliphatic heterocycles. The molecular formula is C25H27F5N6O3S. The molecule has 1 aromatic carbocycles. The first-order valence-electron chi connectivity index (χ1n) is 12.2. The maximum absolute atomic E-state index is 13.7. The summed E-state index contributed by atoms with van der Waals surface area (Å²) in [5, 5.41) is 14.0. The average molecular weight is 587 g/mol. The van der Waals surface area contributed by atoms with Crippen LogP contribution in [0.15, 0.2) is 29.1 Å². The Morgan fingerprint density at radius 2 is 2.02 bits per heavy atom. The molecule has 0 atom stereocenters. The maximum atomic E-state index is 13.7. The summed E-state index contributed by atoms with van der Waals surface area (Å²) in [6.45, 7) is -0.231. The lowest BCUT2D eigenvalue weighted by molar-refractivity contribution is -0.135. The minimum absolute atomic E-state index is 0.0571. The second kappa shape index (κ2) is 12.6. The number of thiazole rings is 1. The van der Waals surface area contributed by atoms with Crippen LogP contribution in [-0.2, 0) is 16.1 Å². The first-order chi connectivity index (χ1) is 18.7. The van der Waals surface area contributed by atoms with Crippen molar-refractivity contribution >= 4 is 46.3 Å². The van der Waals surface area contributed by atoms with Gasteiger partial charge in [0.1, 0.15) is 21.8 Å². The molecule has 3 rings (SSSR count). The molecule has 2 aromatic rings. The van der Waals surface area contributed by atoms with E-state index < -0.39 is 42.2 Å². The Balaban J connectivity index is 1.82. The number of carbonyl (C=O) groups is 2. The van der Waals surface area contributed by atoms with Crippen molar-refractivity contribution in [3.8, 4) is 6.07 Å². The lowest BCUT2D eigenvalue weighted by atomic mass is 10.1. The number of benzene rings is 1. The summed E-state index contributed by atoms with van der Waals surface area (Å²) in [7, 11) is 1.52. The predicted molar refractivity (Wildman–Crippen MR) is 140 cm³/mol. The summed E-state index contributed by atoms with van der Waals surface area (Å²) in [5.41, 5.74) is -0.257. The number of carbonyl (C=O) groups excluding carboxylic acids is 2. The van der Waals surface area contributed by atoms with Gasteiger partial charge < -0.3 is 15.5 Å². The fourth-order valence-corrected chi connectivity index (χ4v) is 5.12. The number of halogens is 5. The zero-order valence-electron chi connectivity index (χ0n) is 21.6. The zero-order valence-corrected chi connectivity index (χ0v) is 22.5. The third-order valence-corrected chi connectivity index (χ3v) is 7.16. The van der Waals surface area contributed by atoms with Gasteiger partial charge in [-0.1, -0.05) is 6.07 Å². The molecule has 9 nitrogen and oxygen atoms in total. The van der Waals surface area contributed by atoms with Gasteiger partial charge >= 0.3 is 6.18 Å². The van der Waals surface area contributed by atoms with Crippen molar-refractivity contribution in [2.75, 3.05) is 43.4 Å². The van der Waals surface area contributed by atoms with E-state index in [9.17, 15) is 41.6 Å². The van der Waals surface area contributed by atoms with E-state index in [1.165, 1.54) is 23.0 Å². The van der Waals surface area contributed by atoms with Crippen molar-refractivity contribution in [2.45, 2.75) is 38.4 Å². The van der Waals surface area contributed by atoms with Crippen LogP contribution in [0.3, 0.4) is 0 Å². The predicted octanol–water partition coefficient (Wildman–Crippen LogP) is 1.83. The Kier molecular flexibility index (Phi) is 9.69. The molecule has 0 bridgehead atoms. The Bertz CT molecular complexity index is 1480. The third kappa shape index (κ3) is 7.89. The summed E-state index contributed by atoms with van der Waals surface area (Å²) in [6, 6.07) is 8.11. The molecule has 0 saturated carbocycles. The van der Waals surface area contributed by atoms with E-state index in [1.807, 2.05) is 0 Å². The first kappa shape index (κ1) is 30.8. The van der Waals surface area contributed by atoms with Gasteiger partial charge in [-0.15, -0.1) is 11.3 Å². The number of nitriles is 1. The molecule has 0 radical (unpaired) electrons. The topological polar surface area (TPSA) is 110 Å². The quantitative estimate of drug-likeness (QED) is 0.457. The van der Waals surface area contributed by atoms with Crippen LogP contribution >= 0.6 is 11.3 Å². The maximum Gasteiger partial charge on any atom is 0.405 e. The van der Waals surface area contributed by atoms with Crippen molar-refractivity contribution in [2.24, 2.45) is 0 Å². The van der Waals surface area contributed by atoms with Gasteiger partial charge in [0.15, 0.2) is 5.57 Å². The highest BCUT2D eigenvalue weighted by Gasteiger charge is 2.36.